The summed E-state index contributed by atoms with van der Waals surface area (Å²) in [5.74, 6) is 0.930. The summed E-state index contributed by atoms with van der Waals surface area (Å²) in [5.41, 5.74) is 1.38. The Morgan fingerprint density at radius 2 is 2.12 bits per heavy atom. The standard InChI is InChI=1S/C16H18N6O2/c1-10-12(8-17)4-5-13(18-10)16(23)22-7-6-21(3)14(9-22)15-19-11(2)20-24-15/h4-5,14H,6-7,9H2,1-3H3/t14-/m1/s1. The minimum atomic E-state index is -0.156. The molecule has 0 aliphatic carbocycles. The fraction of sp³-hybridized carbons (Fsp3) is 0.438. The van der Waals surface area contributed by atoms with Crippen molar-refractivity contribution in [1.82, 2.24) is 24.9 Å². The molecule has 1 aliphatic heterocycles. The van der Waals surface area contributed by atoms with E-state index in [0.717, 1.165) is 0 Å². The topological polar surface area (TPSA) is 99.1 Å². The van der Waals surface area contributed by atoms with Crippen molar-refractivity contribution in [3.63, 3.8) is 0 Å². The Bertz CT molecular complexity index is 809. The third-order valence-corrected chi connectivity index (χ3v) is 4.19. The lowest BCUT2D eigenvalue weighted by atomic mass is 10.1. The number of hydrogen-bond donors (Lipinski definition) is 0. The van der Waals surface area contributed by atoms with Crippen LogP contribution in [0, 0.1) is 25.2 Å². The molecule has 1 amide bonds. The van der Waals surface area contributed by atoms with Crippen LogP contribution < -0.4 is 0 Å². The molecule has 8 nitrogen and oxygen atoms in total. The van der Waals surface area contributed by atoms with E-state index in [4.69, 9.17) is 9.78 Å². The molecule has 124 valence electrons. The number of amides is 1. The molecule has 2 aromatic rings. The molecule has 1 fully saturated rings. The summed E-state index contributed by atoms with van der Waals surface area (Å²) >= 11 is 0. The van der Waals surface area contributed by atoms with Crippen molar-refractivity contribution in [2.75, 3.05) is 26.7 Å². The molecule has 8 heteroatoms. The lowest BCUT2D eigenvalue weighted by Gasteiger charge is -2.37. The van der Waals surface area contributed by atoms with E-state index < -0.39 is 0 Å². The van der Waals surface area contributed by atoms with Gasteiger partial charge >= 0.3 is 0 Å². The molecule has 3 rings (SSSR count). The van der Waals surface area contributed by atoms with Gasteiger partial charge in [-0.1, -0.05) is 5.16 Å². The van der Waals surface area contributed by atoms with E-state index in [2.05, 4.69) is 26.1 Å². The molecule has 0 radical (unpaired) electrons. The smallest absolute Gasteiger partial charge is 0.272 e. The minimum absolute atomic E-state index is 0.136. The zero-order valence-corrected chi connectivity index (χ0v) is 13.9. The van der Waals surface area contributed by atoms with Gasteiger partial charge in [0.05, 0.1) is 11.3 Å². The van der Waals surface area contributed by atoms with Crippen LogP contribution in [0.3, 0.4) is 0 Å². The van der Waals surface area contributed by atoms with Crippen LogP contribution in [0.2, 0.25) is 0 Å². The quantitative estimate of drug-likeness (QED) is 0.814. The van der Waals surface area contributed by atoms with Crippen molar-refractivity contribution in [2.24, 2.45) is 0 Å². The fourth-order valence-electron chi connectivity index (χ4n) is 2.73. The first-order valence-corrected chi connectivity index (χ1v) is 7.67. The monoisotopic (exact) mass is 326 g/mol. The van der Waals surface area contributed by atoms with Gasteiger partial charge in [-0.15, -0.1) is 0 Å². The van der Waals surface area contributed by atoms with E-state index in [0.29, 0.717) is 48.3 Å². The number of likely N-dealkylation sites (N-methyl/N-ethyl adjacent to an activating group) is 1. The van der Waals surface area contributed by atoms with E-state index in [1.54, 1.807) is 30.9 Å². The van der Waals surface area contributed by atoms with E-state index in [9.17, 15) is 4.79 Å². The van der Waals surface area contributed by atoms with Gasteiger partial charge in [-0.05, 0) is 33.0 Å². The molecule has 0 unspecified atom stereocenters. The van der Waals surface area contributed by atoms with Gasteiger partial charge in [0.1, 0.15) is 17.8 Å². The summed E-state index contributed by atoms with van der Waals surface area (Å²) in [5, 5.41) is 12.8. The average molecular weight is 326 g/mol. The number of rotatable bonds is 2. The number of aromatic nitrogens is 3. The Balaban J connectivity index is 1.80. The third kappa shape index (κ3) is 2.98. The predicted octanol–water partition coefficient (Wildman–Crippen LogP) is 1.08. The van der Waals surface area contributed by atoms with E-state index in [-0.39, 0.29) is 11.9 Å². The Hall–Kier alpha value is -2.79. The second-order valence-corrected chi connectivity index (χ2v) is 5.87. The van der Waals surface area contributed by atoms with Gasteiger partial charge in [0.25, 0.3) is 5.91 Å². The van der Waals surface area contributed by atoms with Crippen LogP contribution in [0.5, 0.6) is 0 Å². The molecule has 0 bridgehead atoms. The van der Waals surface area contributed by atoms with Gasteiger partial charge in [-0.3, -0.25) is 9.69 Å². The molecule has 0 spiro atoms. The summed E-state index contributed by atoms with van der Waals surface area (Å²) in [7, 11) is 1.97. The number of carbonyl (C=O) groups excluding carboxylic acids is 1. The summed E-state index contributed by atoms with van der Waals surface area (Å²) in [4.78, 5) is 25.1. The molecule has 2 aromatic heterocycles. The number of nitrogens with zero attached hydrogens (tertiary/aromatic N) is 6. The van der Waals surface area contributed by atoms with Gasteiger partial charge in [0, 0.05) is 19.6 Å². The third-order valence-electron chi connectivity index (χ3n) is 4.19. The van der Waals surface area contributed by atoms with Gasteiger partial charge in [0.2, 0.25) is 5.89 Å². The molecule has 0 saturated carbocycles. The fourth-order valence-corrected chi connectivity index (χ4v) is 2.73. The van der Waals surface area contributed by atoms with Gasteiger partial charge in [-0.25, -0.2) is 4.98 Å². The molecule has 1 saturated heterocycles. The zero-order chi connectivity index (χ0) is 17.3. The number of carbonyl (C=O) groups is 1. The Kier molecular flexibility index (Phi) is 4.27. The van der Waals surface area contributed by atoms with Crippen molar-refractivity contribution < 1.29 is 9.32 Å². The summed E-state index contributed by atoms with van der Waals surface area (Å²) in [6.45, 7) is 5.25. The molecule has 3 heterocycles. The van der Waals surface area contributed by atoms with E-state index >= 15 is 0 Å². The van der Waals surface area contributed by atoms with Crippen LogP contribution in [0.15, 0.2) is 16.7 Å². The minimum Gasteiger partial charge on any atom is -0.338 e. The normalized spacial score (nSPS) is 18.4. The molecule has 1 aliphatic rings. The van der Waals surface area contributed by atoms with Crippen LogP contribution in [0.25, 0.3) is 0 Å². The number of piperazine rings is 1. The van der Waals surface area contributed by atoms with E-state index in [1.807, 2.05) is 7.05 Å². The first-order chi connectivity index (χ1) is 11.5. The first-order valence-electron chi connectivity index (χ1n) is 7.67. The van der Waals surface area contributed by atoms with Crippen LogP contribution in [-0.2, 0) is 0 Å². The SMILES string of the molecule is Cc1noc([C@H]2CN(C(=O)c3ccc(C#N)c(C)n3)CCN2C)n1. The highest BCUT2D eigenvalue weighted by Gasteiger charge is 2.32. The highest BCUT2D eigenvalue weighted by molar-refractivity contribution is 5.92. The number of nitriles is 1. The summed E-state index contributed by atoms with van der Waals surface area (Å²) < 4.78 is 5.26. The van der Waals surface area contributed by atoms with Crippen molar-refractivity contribution in [2.45, 2.75) is 19.9 Å². The molecular weight excluding hydrogens is 308 g/mol. The van der Waals surface area contributed by atoms with Crippen molar-refractivity contribution in [3.05, 3.63) is 40.8 Å². The second-order valence-electron chi connectivity index (χ2n) is 5.87. The van der Waals surface area contributed by atoms with Crippen molar-refractivity contribution >= 4 is 5.91 Å². The molecule has 24 heavy (non-hydrogen) atoms. The highest BCUT2D eigenvalue weighted by Crippen LogP contribution is 2.23. The van der Waals surface area contributed by atoms with Crippen LogP contribution in [0.1, 0.15) is 39.5 Å². The Labute approximate surface area is 139 Å². The van der Waals surface area contributed by atoms with Crippen molar-refractivity contribution in [3.8, 4) is 6.07 Å². The molecule has 1 atom stereocenters. The molecule has 0 N–H and O–H groups in total. The van der Waals surface area contributed by atoms with Crippen LogP contribution in [-0.4, -0.2) is 57.5 Å². The average Bonchev–Trinajstić information content (AvgIpc) is 3.01. The largest absolute Gasteiger partial charge is 0.338 e. The summed E-state index contributed by atoms with van der Waals surface area (Å²) in [6.07, 6.45) is 0. The molecule has 0 aromatic carbocycles. The van der Waals surface area contributed by atoms with E-state index in [1.165, 1.54) is 0 Å². The van der Waals surface area contributed by atoms with Gasteiger partial charge < -0.3 is 9.42 Å². The van der Waals surface area contributed by atoms with Gasteiger partial charge in [-0.2, -0.15) is 10.2 Å². The van der Waals surface area contributed by atoms with Crippen molar-refractivity contribution in [1.29, 1.82) is 5.26 Å². The number of aryl methyl sites for hydroxylation is 2. The zero-order valence-electron chi connectivity index (χ0n) is 13.9. The molecular formula is C16H18N6O2. The van der Waals surface area contributed by atoms with Crippen LogP contribution in [0.4, 0.5) is 0 Å². The number of hydrogen-bond acceptors (Lipinski definition) is 7. The first kappa shape index (κ1) is 16.1. The predicted molar refractivity (Wildman–Crippen MR) is 84.0 cm³/mol. The summed E-state index contributed by atoms with van der Waals surface area (Å²) in [6, 6.07) is 5.14. The van der Waals surface area contributed by atoms with Crippen LogP contribution >= 0.6 is 0 Å². The second kappa shape index (κ2) is 6.37. The highest BCUT2D eigenvalue weighted by atomic mass is 16.5. The number of pyridine rings is 1. The Morgan fingerprint density at radius 1 is 1.33 bits per heavy atom. The van der Waals surface area contributed by atoms with Gasteiger partial charge in [0.15, 0.2) is 5.82 Å². The maximum atomic E-state index is 12.7. The lowest BCUT2D eigenvalue weighted by Crippen LogP contribution is -2.49. The maximum Gasteiger partial charge on any atom is 0.272 e. The maximum absolute atomic E-state index is 12.7. The Morgan fingerprint density at radius 3 is 2.75 bits per heavy atom. The lowest BCUT2D eigenvalue weighted by molar-refractivity contribution is 0.0483.